The fraction of sp³-hybridized carbons (Fsp3) is 0. The van der Waals surface area contributed by atoms with Crippen LogP contribution in [-0.2, 0) is 0 Å². The first-order valence-corrected chi connectivity index (χ1v) is 18.9. The molecule has 0 spiro atoms. The fourth-order valence-electron chi connectivity index (χ4n) is 10.3. The first-order chi connectivity index (χ1) is 26.8. The van der Waals surface area contributed by atoms with Crippen molar-refractivity contribution in [3.05, 3.63) is 181 Å². The first kappa shape index (κ1) is 28.6. The Morgan fingerprint density at radius 2 is 0.778 bits per heavy atom. The SMILES string of the molecule is C1=Cc2ccc3c4ccc5c6c(ccc(c7ccc1c2c73)c64)-c1c-5c(-c2ccccc2-c2ccccc2)c2ccccc2c1-c1ccc2ccccc2c1. The van der Waals surface area contributed by atoms with Gasteiger partial charge in [-0.3, -0.25) is 0 Å². The van der Waals surface area contributed by atoms with Gasteiger partial charge in [0.05, 0.1) is 0 Å². The molecule has 2 aliphatic carbocycles. The standard InChI is InChI=1S/C54H30/c1-2-11-32(12-3-1)37-14-6-7-15-38(37)51-40-17-9-8-16-39(40)48(36-21-18-31-10-4-5-13-35(31)30-36)53-45-28-26-43-41-24-22-33-19-20-34-23-25-42(49(41)47(33)34)44-27-29-46(54(51)53)52(45)50(43)44/h1-30H. The van der Waals surface area contributed by atoms with Crippen LogP contribution in [0.3, 0.4) is 0 Å². The lowest BCUT2D eigenvalue weighted by atomic mass is 9.80. The molecule has 0 radical (unpaired) electrons. The number of hydrogen-bond acceptors (Lipinski definition) is 0. The number of hydrogen-bond donors (Lipinski definition) is 0. The molecule has 0 bridgehead atoms. The van der Waals surface area contributed by atoms with Crippen molar-refractivity contribution in [2.75, 3.05) is 0 Å². The molecule has 0 heterocycles. The second-order valence-electron chi connectivity index (χ2n) is 15.1. The molecule has 0 atom stereocenters. The highest BCUT2D eigenvalue weighted by molar-refractivity contribution is 6.40. The second kappa shape index (κ2) is 10.3. The molecule has 2 aliphatic rings. The van der Waals surface area contributed by atoms with Crippen molar-refractivity contribution in [1.29, 1.82) is 0 Å². The Balaban J connectivity index is 1.24. The number of benzene rings is 11. The topological polar surface area (TPSA) is 0 Å². The molecular formula is C54H30. The van der Waals surface area contributed by atoms with Gasteiger partial charge in [-0.25, -0.2) is 0 Å². The summed E-state index contributed by atoms with van der Waals surface area (Å²) in [6, 6.07) is 63.9. The summed E-state index contributed by atoms with van der Waals surface area (Å²) in [6.45, 7) is 0. The molecule has 13 rings (SSSR count). The van der Waals surface area contributed by atoms with E-state index in [1.54, 1.807) is 0 Å². The van der Waals surface area contributed by atoms with Crippen molar-refractivity contribution in [2.45, 2.75) is 0 Å². The Hall–Kier alpha value is -7.02. The quantitative estimate of drug-likeness (QED) is 0.129. The van der Waals surface area contributed by atoms with Crippen LogP contribution in [-0.4, -0.2) is 0 Å². The molecule has 54 heavy (non-hydrogen) atoms. The van der Waals surface area contributed by atoms with Gasteiger partial charge in [0.15, 0.2) is 0 Å². The molecule has 11 aromatic rings. The van der Waals surface area contributed by atoms with Crippen molar-refractivity contribution in [3.63, 3.8) is 0 Å². The van der Waals surface area contributed by atoms with Crippen LogP contribution >= 0.6 is 0 Å². The van der Waals surface area contributed by atoms with Gasteiger partial charge in [-0.1, -0.05) is 176 Å². The third kappa shape index (κ3) is 3.58. The van der Waals surface area contributed by atoms with E-state index >= 15 is 0 Å². The molecule has 0 aliphatic heterocycles. The first-order valence-electron chi connectivity index (χ1n) is 18.9. The van der Waals surface area contributed by atoms with Crippen LogP contribution in [0.1, 0.15) is 11.1 Å². The highest BCUT2D eigenvalue weighted by Crippen LogP contribution is 2.60. The van der Waals surface area contributed by atoms with Crippen LogP contribution in [0.2, 0.25) is 0 Å². The average Bonchev–Trinajstić information content (AvgIpc) is 3.82. The van der Waals surface area contributed by atoms with E-state index in [9.17, 15) is 0 Å². The molecule has 0 fully saturated rings. The van der Waals surface area contributed by atoms with E-state index < -0.39 is 0 Å². The van der Waals surface area contributed by atoms with Crippen LogP contribution < -0.4 is 0 Å². The van der Waals surface area contributed by atoms with Gasteiger partial charge in [0, 0.05) is 0 Å². The lowest BCUT2D eigenvalue weighted by molar-refractivity contribution is 1.59. The molecule has 0 aromatic heterocycles. The predicted molar refractivity (Wildman–Crippen MR) is 232 cm³/mol. The van der Waals surface area contributed by atoms with E-state index in [1.165, 1.54) is 131 Å². The summed E-state index contributed by atoms with van der Waals surface area (Å²) >= 11 is 0. The lowest BCUT2D eigenvalue weighted by Crippen LogP contribution is -1.95. The Morgan fingerprint density at radius 3 is 1.48 bits per heavy atom. The van der Waals surface area contributed by atoms with E-state index in [-0.39, 0.29) is 0 Å². The lowest BCUT2D eigenvalue weighted by Gasteiger charge is -2.22. The Kier molecular flexibility index (Phi) is 5.45. The average molecular weight is 679 g/mol. The van der Waals surface area contributed by atoms with Gasteiger partial charge >= 0.3 is 0 Å². The zero-order valence-corrected chi connectivity index (χ0v) is 29.3. The molecule has 11 aromatic carbocycles. The minimum absolute atomic E-state index is 1.23. The monoisotopic (exact) mass is 678 g/mol. The van der Waals surface area contributed by atoms with Crippen molar-refractivity contribution in [1.82, 2.24) is 0 Å². The second-order valence-corrected chi connectivity index (χ2v) is 15.1. The Bertz CT molecular complexity index is 3410. The fourth-order valence-corrected chi connectivity index (χ4v) is 10.3. The van der Waals surface area contributed by atoms with E-state index in [4.69, 9.17) is 0 Å². The van der Waals surface area contributed by atoms with Gasteiger partial charge < -0.3 is 0 Å². The summed E-state index contributed by atoms with van der Waals surface area (Å²) in [4.78, 5) is 0. The molecule has 0 N–H and O–H groups in total. The number of rotatable bonds is 3. The van der Waals surface area contributed by atoms with E-state index in [2.05, 4.69) is 182 Å². The van der Waals surface area contributed by atoms with Gasteiger partial charge in [-0.15, -0.1) is 0 Å². The normalized spacial score (nSPS) is 12.7. The van der Waals surface area contributed by atoms with Crippen molar-refractivity contribution in [3.8, 4) is 55.6 Å². The molecule has 246 valence electrons. The van der Waals surface area contributed by atoms with E-state index in [0.29, 0.717) is 0 Å². The molecule has 0 amide bonds. The van der Waals surface area contributed by atoms with Crippen molar-refractivity contribution in [2.24, 2.45) is 0 Å². The summed E-state index contributed by atoms with van der Waals surface area (Å²) in [6.07, 6.45) is 4.54. The van der Waals surface area contributed by atoms with Crippen LogP contribution in [0, 0.1) is 0 Å². The largest absolute Gasteiger partial charge is 0.0622 e. The summed E-state index contributed by atoms with van der Waals surface area (Å²) in [5, 5.41) is 16.0. The number of fused-ring (bicyclic) bond motifs is 7. The van der Waals surface area contributed by atoms with Gasteiger partial charge in [-0.2, -0.15) is 0 Å². The molecule has 0 saturated heterocycles. The smallest absolute Gasteiger partial charge is 0.000718 e. The third-order valence-electron chi connectivity index (χ3n) is 12.5. The van der Waals surface area contributed by atoms with Crippen LogP contribution in [0.15, 0.2) is 170 Å². The zero-order valence-electron chi connectivity index (χ0n) is 29.3. The summed E-state index contributed by atoms with van der Waals surface area (Å²) in [5.41, 5.74) is 15.6. The molecule has 0 saturated carbocycles. The van der Waals surface area contributed by atoms with E-state index in [0.717, 1.165) is 0 Å². The van der Waals surface area contributed by atoms with Crippen LogP contribution in [0.5, 0.6) is 0 Å². The van der Waals surface area contributed by atoms with Crippen molar-refractivity contribution < 1.29 is 0 Å². The molecule has 0 nitrogen and oxygen atoms in total. The Labute approximate surface area is 312 Å². The highest BCUT2D eigenvalue weighted by Gasteiger charge is 2.33. The maximum atomic E-state index is 2.44. The van der Waals surface area contributed by atoms with Crippen LogP contribution in [0.25, 0.3) is 132 Å². The van der Waals surface area contributed by atoms with Gasteiger partial charge in [0.2, 0.25) is 0 Å². The summed E-state index contributed by atoms with van der Waals surface area (Å²) in [5.74, 6) is 0. The van der Waals surface area contributed by atoms with Crippen LogP contribution in [0.4, 0.5) is 0 Å². The minimum atomic E-state index is 1.23. The van der Waals surface area contributed by atoms with Gasteiger partial charge in [-0.05, 0) is 137 Å². The van der Waals surface area contributed by atoms with E-state index in [1.807, 2.05) is 0 Å². The van der Waals surface area contributed by atoms with Gasteiger partial charge in [0.25, 0.3) is 0 Å². The maximum absolute atomic E-state index is 2.44. The highest BCUT2D eigenvalue weighted by atomic mass is 14.3. The third-order valence-corrected chi connectivity index (χ3v) is 12.5. The maximum Gasteiger partial charge on any atom is -0.000718 e. The summed E-state index contributed by atoms with van der Waals surface area (Å²) < 4.78 is 0. The molecule has 0 heteroatoms. The zero-order chi connectivity index (χ0) is 35.1. The molecule has 0 unspecified atom stereocenters. The summed E-state index contributed by atoms with van der Waals surface area (Å²) in [7, 11) is 0. The van der Waals surface area contributed by atoms with Crippen molar-refractivity contribution >= 4 is 76.8 Å². The predicted octanol–water partition coefficient (Wildman–Crippen LogP) is 15.2. The van der Waals surface area contributed by atoms with Gasteiger partial charge in [0.1, 0.15) is 0 Å². The Morgan fingerprint density at radius 1 is 0.241 bits per heavy atom. The minimum Gasteiger partial charge on any atom is -0.0622 e. The molecular weight excluding hydrogens is 649 g/mol.